The molecule has 102 valence electrons. The van der Waals surface area contributed by atoms with Crippen LogP contribution < -0.4 is 0 Å². The Balaban J connectivity index is 2.05. The van der Waals surface area contributed by atoms with E-state index in [0.29, 0.717) is 29.6 Å². The normalized spacial score (nSPS) is 23.3. The minimum Gasteiger partial charge on any atom is -0.378 e. The molecule has 2 aromatic rings. The third kappa shape index (κ3) is 2.29. The molecule has 3 rings (SSSR count). The number of hydrogen-bond donors (Lipinski definition) is 1. The molecule has 1 atom stereocenters. The van der Waals surface area contributed by atoms with E-state index in [1.807, 2.05) is 10.6 Å². The number of aromatic amines is 1. The molecule has 0 aliphatic carbocycles. The summed E-state index contributed by atoms with van der Waals surface area (Å²) in [7, 11) is 1.71. The maximum atomic E-state index is 5.93. The molecular weight excluding hydrogens is 286 g/mol. The van der Waals surface area contributed by atoms with Gasteiger partial charge in [-0.15, -0.1) is 0 Å². The molecule has 0 aromatic carbocycles. The summed E-state index contributed by atoms with van der Waals surface area (Å²) in [6, 6.07) is 1.82. The molecule has 1 unspecified atom stereocenters. The number of rotatable bonds is 3. The van der Waals surface area contributed by atoms with Crippen molar-refractivity contribution in [3.05, 3.63) is 22.1 Å². The summed E-state index contributed by atoms with van der Waals surface area (Å²) in [5.41, 5.74) is 1.30. The van der Waals surface area contributed by atoms with Crippen LogP contribution in [0.25, 0.3) is 11.2 Å². The first kappa shape index (κ1) is 13.1. The first-order valence-corrected chi connectivity index (χ1v) is 6.79. The number of hydrogen-bond acceptors (Lipinski definition) is 4. The van der Waals surface area contributed by atoms with E-state index in [9.17, 15) is 0 Å². The summed E-state index contributed by atoms with van der Waals surface area (Å²) in [5, 5.41) is 0.585. The van der Waals surface area contributed by atoms with Crippen LogP contribution in [0.4, 0.5) is 0 Å². The average Bonchev–Trinajstić information content (AvgIpc) is 2.96. The lowest BCUT2D eigenvalue weighted by molar-refractivity contribution is -0.0290. The zero-order chi connectivity index (χ0) is 13.5. The fourth-order valence-corrected chi connectivity index (χ4v) is 2.81. The van der Waals surface area contributed by atoms with Crippen LogP contribution in [-0.4, -0.2) is 40.5 Å². The van der Waals surface area contributed by atoms with E-state index in [-0.39, 0.29) is 5.60 Å². The predicted octanol–water partition coefficient (Wildman–Crippen LogP) is 2.55. The number of nitrogens with zero attached hydrogens (tertiary/aromatic N) is 2. The van der Waals surface area contributed by atoms with Gasteiger partial charge in [-0.2, -0.15) is 0 Å². The van der Waals surface area contributed by atoms with Crippen LogP contribution in [0.2, 0.25) is 5.02 Å². The number of halogens is 1. The zero-order valence-electron chi connectivity index (χ0n) is 10.5. The summed E-state index contributed by atoms with van der Waals surface area (Å²) in [4.78, 5) is 7.46. The zero-order valence-corrected chi connectivity index (χ0v) is 12.1. The van der Waals surface area contributed by atoms with Crippen molar-refractivity contribution in [2.24, 2.45) is 0 Å². The van der Waals surface area contributed by atoms with E-state index in [1.165, 1.54) is 0 Å². The molecule has 19 heavy (non-hydrogen) atoms. The second kappa shape index (κ2) is 4.86. The Morgan fingerprint density at radius 1 is 1.68 bits per heavy atom. The van der Waals surface area contributed by atoms with E-state index in [2.05, 4.69) is 9.97 Å². The Bertz CT molecular complexity index is 661. The Morgan fingerprint density at radius 3 is 3.21 bits per heavy atom. The van der Waals surface area contributed by atoms with E-state index < -0.39 is 0 Å². The molecule has 7 heteroatoms. The van der Waals surface area contributed by atoms with Crippen LogP contribution in [0.15, 0.2) is 12.3 Å². The van der Waals surface area contributed by atoms with Crippen LogP contribution in [0, 0.1) is 4.77 Å². The maximum absolute atomic E-state index is 5.93. The highest BCUT2D eigenvalue weighted by Gasteiger charge is 2.36. The SMILES string of the molecule is COC1(Cn2c(=S)[nH]c3cc(Cl)cnc32)CCOC1. The molecule has 0 amide bonds. The van der Waals surface area contributed by atoms with Gasteiger partial charge in [0.05, 0.1) is 23.7 Å². The molecule has 2 aromatic heterocycles. The van der Waals surface area contributed by atoms with Gasteiger partial charge in [-0.25, -0.2) is 4.98 Å². The minimum absolute atomic E-state index is 0.325. The van der Waals surface area contributed by atoms with Gasteiger partial charge in [0.1, 0.15) is 5.60 Å². The molecule has 1 aliphatic heterocycles. The molecule has 3 heterocycles. The van der Waals surface area contributed by atoms with Crippen molar-refractivity contribution in [1.82, 2.24) is 14.5 Å². The highest BCUT2D eigenvalue weighted by atomic mass is 35.5. The highest BCUT2D eigenvalue weighted by Crippen LogP contribution is 2.26. The summed E-state index contributed by atoms with van der Waals surface area (Å²) >= 11 is 11.3. The number of H-pyrrole nitrogens is 1. The largest absolute Gasteiger partial charge is 0.378 e. The molecule has 1 saturated heterocycles. The van der Waals surface area contributed by atoms with E-state index >= 15 is 0 Å². The molecule has 1 N–H and O–H groups in total. The van der Waals surface area contributed by atoms with Crippen molar-refractivity contribution in [2.75, 3.05) is 20.3 Å². The lowest BCUT2D eigenvalue weighted by Crippen LogP contribution is -2.37. The van der Waals surface area contributed by atoms with Crippen molar-refractivity contribution in [3.8, 4) is 0 Å². The third-order valence-corrected chi connectivity index (χ3v) is 4.05. The van der Waals surface area contributed by atoms with Crippen LogP contribution >= 0.6 is 23.8 Å². The Morgan fingerprint density at radius 2 is 2.53 bits per heavy atom. The van der Waals surface area contributed by atoms with E-state index in [0.717, 1.165) is 17.6 Å². The van der Waals surface area contributed by atoms with Gasteiger partial charge < -0.3 is 14.5 Å². The van der Waals surface area contributed by atoms with Gasteiger partial charge in [0.25, 0.3) is 0 Å². The lowest BCUT2D eigenvalue weighted by Gasteiger charge is -2.26. The second-order valence-corrected chi connectivity index (χ2v) is 5.55. The number of imidazole rings is 1. The maximum Gasteiger partial charge on any atom is 0.179 e. The highest BCUT2D eigenvalue weighted by molar-refractivity contribution is 7.71. The number of aromatic nitrogens is 3. The summed E-state index contributed by atoms with van der Waals surface area (Å²) in [6.45, 7) is 1.91. The predicted molar refractivity (Wildman–Crippen MR) is 75.1 cm³/mol. The number of pyridine rings is 1. The van der Waals surface area contributed by atoms with E-state index in [1.54, 1.807) is 13.3 Å². The van der Waals surface area contributed by atoms with Gasteiger partial charge in [0.15, 0.2) is 10.4 Å². The molecule has 1 fully saturated rings. The van der Waals surface area contributed by atoms with Gasteiger partial charge in [0.2, 0.25) is 0 Å². The summed E-state index contributed by atoms with van der Waals surface area (Å²) in [5.74, 6) is 0. The number of methoxy groups -OCH3 is 1. The Kier molecular flexibility index (Phi) is 3.34. The molecule has 0 spiro atoms. The van der Waals surface area contributed by atoms with Crippen molar-refractivity contribution in [1.29, 1.82) is 0 Å². The second-order valence-electron chi connectivity index (χ2n) is 4.73. The van der Waals surface area contributed by atoms with Crippen molar-refractivity contribution >= 4 is 35.0 Å². The number of ether oxygens (including phenoxy) is 2. The molecule has 1 aliphatic rings. The summed E-state index contributed by atoms with van der Waals surface area (Å²) in [6.07, 6.45) is 2.47. The Hall–Kier alpha value is -0.950. The summed E-state index contributed by atoms with van der Waals surface area (Å²) < 4.78 is 13.6. The van der Waals surface area contributed by atoms with Gasteiger partial charge in [-0.3, -0.25) is 4.57 Å². The van der Waals surface area contributed by atoms with Crippen LogP contribution in [0.5, 0.6) is 0 Å². The van der Waals surface area contributed by atoms with Crippen LogP contribution in [0.3, 0.4) is 0 Å². The smallest absolute Gasteiger partial charge is 0.179 e. The van der Waals surface area contributed by atoms with Gasteiger partial charge in [0, 0.05) is 26.3 Å². The molecule has 0 saturated carbocycles. The van der Waals surface area contributed by atoms with Crippen LogP contribution in [0.1, 0.15) is 6.42 Å². The minimum atomic E-state index is -0.325. The first-order chi connectivity index (χ1) is 9.13. The van der Waals surface area contributed by atoms with Gasteiger partial charge in [-0.1, -0.05) is 11.6 Å². The standard InChI is InChI=1S/C12H14ClN3O2S/c1-17-12(2-3-18-7-12)6-16-10-9(15-11(16)19)4-8(13)5-14-10/h4-5H,2-3,6-7H2,1H3,(H,15,19). The van der Waals surface area contributed by atoms with Crippen LogP contribution in [-0.2, 0) is 16.0 Å². The first-order valence-electron chi connectivity index (χ1n) is 6.00. The van der Waals surface area contributed by atoms with Gasteiger partial charge in [-0.05, 0) is 18.3 Å². The van der Waals surface area contributed by atoms with E-state index in [4.69, 9.17) is 33.3 Å². The Labute approximate surface area is 120 Å². The lowest BCUT2D eigenvalue weighted by atomic mass is 10.0. The fraction of sp³-hybridized carbons (Fsp3) is 0.500. The molecule has 0 bridgehead atoms. The number of nitrogens with one attached hydrogen (secondary N) is 1. The topological polar surface area (TPSA) is 52.1 Å². The third-order valence-electron chi connectivity index (χ3n) is 3.52. The molecule has 0 radical (unpaired) electrons. The average molecular weight is 300 g/mol. The monoisotopic (exact) mass is 299 g/mol. The molecular formula is C12H14ClN3O2S. The van der Waals surface area contributed by atoms with Gasteiger partial charge >= 0.3 is 0 Å². The van der Waals surface area contributed by atoms with Crippen molar-refractivity contribution in [3.63, 3.8) is 0 Å². The van der Waals surface area contributed by atoms with Crippen molar-refractivity contribution in [2.45, 2.75) is 18.6 Å². The fourth-order valence-electron chi connectivity index (χ4n) is 2.39. The van der Waals surface area contributed by atoms with Crippen molar-refractivity contribution < 1.29 is 9.47 Å². The quantitative estimate of drug-likeness (QED) is 0.885. The molecule has 5 nitrogen and oxygen atoms in total. The number of fused-ring (bicyclic) bond motifs is 1.